The third kappa shape index (κ3) is 4.88. The van der Waals surface area contributed by atoms with Crippen LogP contribution in [0.2, 0.25) is 0 Å². The van der Waals surface area contributed by atoms with Crippen LogP contribution in [-0.4, -0.2) is 62.1 Å². The second-order valence-corrected chi connectivity index (χ2v) is 8.87. The Balaban J connectivity index is 1.48. The molecule has 3 rings (SSSR count). The Labute approximate surface area is 151 Å². The van der Waals surface area contributed by atoms with Gasteiger partial charge in [-0.1, -0.05) is 17.4 Å². The summed E-state index contributed by atoms with van der Waals surface area (Å²) in [7, 11) is -3.68. The van der Waals surface area contributed by atoms with Crippen LogP contribution >= 0.6 is 11.3 Å². The quantitative estimate of drug-likeness (QED) is 0.762. The molecule has 0 aromatic carbocycles. The second kappa shape index (κ2) is 7.65. The summed E-state index contributed by atoms with van der Waals surface area (Å²) >= 11 is 1.06. The summed E-state index contributed by atoms with van der Waals surface area (Å²) in [5.74, 6) is 1.02. The molecule has 1 unspecified atom stereocenters. The van der Waals surface area contributed by atoms with E-state index in [1.54, 1.807) is 0 Å². The molecule has 3 heterocycles. The Bertz CT molecular complexity index is 787. The molecule has 1 saturated heterocycles. The van der Waals surface area contributed by atoms with E-state index in [1.165, 1.54) is 6.20 Å². The second-order valence-electron chi connectivity index (χ2n) is 6.05. The average Bonchev–Trinajstić information content (AvgIpc) is 3.05. The summed E-state index contributed by atoms with van der Waals surface area (Å²) in [5, 5.41) is 8.93. The molecule has 1 aliphatic rings. The van der Waals surface area contributed by atoms with E-state index in [9.17, 15) is 8.42 Å². The van der Waals surface area contributed by atoms with Gasteiger partial charge >= 0.3 is 0 Å². The van der Waals surface area contributed by atoms with Crippen molar-refractivity contribution in [2.24, 2.45) is 5.14 Å². The Hall–Kier alpha value is -1.75. The van der Waals surface area contributed by atoms with Crippen molar-refractivity contribution in [2.45, 2.75) is 17.2 Å². The highest BCUT2D eigenvalue weighted by Crippen LogP contribution is 2.22. The van der Waals surface area contributed by atoms with E-state index in [1.807, 2.05) is 24.4 Å². The van der Waals surface area contributed by atoms with Crippen molar-refractivity contribution in [2.75, 3.05) is 42.9 Å². The molecule has 1 aliphatic heterocycles. The predicted molar refractivity (Wildman–Crippen MR) is 99.5 cm³/mol. The fourth-order valence-electron chi connectivity index (χ4n) is 2.80. The van der Waals surface area contributed by atoms with Crippen LogP contribution in [0.3, 0.4) is 0 Å². The third-order valence-corrected chi connectivity index (χ3v) is 6.35. The Morgan fingerprint density at radius 1 is 1.28 bits per heavy atom. The lowest BCUT2D eigenvalue weighted by Crippen LogP contribution is -2.49. The zero-order chi connectivity index (χ0) is 17.9. The minimum atomic E-state index is -3.68. The number of sulfonamides is 1. The highest BCUT2D eigenvalue weighted by Gasteiger charge is 2.20. The van der Waals surface area contributed by atoms with Crippen LogP contribution in [0.1, 0.15) is 6.92 Å². The third-order valence-electron chi connectivity index (χ3n) is 4.01. The van der Waals surface area contributed by atoms with Gasteiger partial charge in [0.25, 0.3) is 0 Å². The molecule has 25 heavy (non-hydrogen) atoms. The van der Waals surface area contributed by atoms with Crippen molar-refractivity contribution in [3.05, 3.63) is 30.6 Å². The van der Waals surface area contributed by atoms with Gasteiger partial charge in [0.05, 0.1) is 6.20 Å². The number of aromatic nitrogens is 2. The maximum atomic E-state index is 11.3. The van der Waals surface area contributed by atoms with Gasteiger partial charge in [-0.25, -0.2) is 23.5 Å². The molecule has 0 amide bonds. The minimum Gasteiger partial charge on any atom is -0.358 e. The van der Waals surface area contributed by atoms with Gasteiger partial charge in [-0.2, -0.15) is 0 Å². The van der Waals surface area contributed by atoms with Crippen LogP contribution in [-0.2, 0) is 10.0 Å². The summed E-state index contributed by atoms with van der Waals surface area (Å²) in [6, 6.07) is 6.11. The van der Waals surface area contributed by atoms with Gasteiger partial charge in [0.2, 0.25) is 10.0 Å². The molecular weight excluding hydrogens is 360 g/mol. The number of nitrogens with one attached hydrogen (secondary N) is 1. The Morgan fingerprint density at radius 3 is 2.64 bits per heavy atom. The van der Waals surface area contributed by atoms with Crippen LogP contribution in [0.25, 0.3) is 0 Å². The lowest BCUT2D eigenvalue weighted by Gasteiger charge is -2.36. The van der Waals surface area contributed by atoms with E-state index < -0.39 is 10.0 Å². The number of hydrogen-bond donors (Lipinski definition) is 2. The van der Waals surface area contributed by atoms with Crippen molar-refractivity contribution in [3.8, 4) is 0 Å². The monoisotopic (exact) mass is 382 g/mol. The molecule has 2 aromatic rings. The molecule has 0 spiro atoms. The van der Waals surface area contributed by atoms with Crippen molar-refractivity contribution in [1.29, 1.82) is 0 Å². The summed E-state index contributed by atoms with van der Waals surface area (Å²) in [5.41, 5.74) is 0. The van der Waals surface area contributed by atoms with Gasteiger partial charge in [0.1, 0.15) is 5.82 Å². The molecule has 136 valence electrons. The number of hydrogen-bond acceptors (Lipinski definition) is 8. The number of primary sulfonamides is 1. The van der Waals surface area contributed by atoms with Crippen LogP contribution in [0.4, 0.5) is 10.9 Å². The van der Waals surface area contributed by atoms with Crippen LogP contribution in [0, 0.1) is 0 Å². The molecule has 0 radical (unpaired) electrons. The van der Waals surface area contributed by atoms with Crippen LogP contribution in [0.15, 0.2) is 34.8 Å². The summed E-state index contributed by atoms with van der Waals surface area (Å²) < 4.78 is 22.7. The highest BCUT2D eigenvalue weighted by molar-refractivity contribution is 7.91. The van der Waals surface area contributed by atoms with E-state index in [0.29, 0.717) is 5.13 Å². The van der Waals surface area contributed by atoms with E-state index in [-0.39, 0.29) is 10.3 Å². The summed E-state index contributed by atoms with van der Waals surface area (Å²) in [6.07, 6.45) is 3.11. The van der Waals surface area contributed by atoms with Gasteiger partial charge in [0.15, 0.2) is 9.34 Å². The number of anilines is 2. The summed E-state index contributed by atoms with van der Waals surface area (Å²) in [4.78, 5) is 13.1. The van der Waals surface area contributed by atoms with E-state index in [2.05, 4.69) is 32.0 Å². The predicted octanol–water partition coefficient (Wildman–Crippen LogP) is 0.808. The first-order chi connectivity index (χ1) is 11.9. The van der Waals surface area contributed by atoms with Gasteiger partial charge < -0.3 is 10.2 Å². The normalized spacial score (nSPS) is 17.4. The zero-order valence-electron chi connectivity index (χ0n) is 14.0. The summed E-state index contributed by atoms with van der Waals surface area (Å²) in [6.45, 7) is 6.72. The molecular formula is C15H22N6O2S2. The van der Waals surface area contributed by atoms with Crippen molar-refractivity contribution in [3.63, 3.8) is 0 Å². The van der Waals surface area contributed by atoms with Gasteiger partial charge in [0, 0.05) is 45.0 Å². The van der Waals surface area contributed by atoms with E-state index in [4.69, 9.17) is 5.14 Å². The SMILES string of the molecule is CC(CN1CCN(c2ccccn2)CC1)Nc1ncc(S(N)(=O)=O)s1. The number of nitrogens with two attached hydrogens (primary N) is 1. The van der Waals surface area contributed by atoms with E-state index >= 15 is 0 Å². The maximum absolute atomic E-state index is 11.3. The van der Waals surface area contributed by atoms with Crippen molar-refractivity contribution in [1.82, 2.24) is 14.9 Å². The highest BCUT2D eigenvalue weighted by atomic mass is 32.2. The number of thiazole rings is 1. The largest absolute Gasteiger partial charge is 0.358 e. The molecule has 3 N–H and O–H groups in total. The average molecular weight is 383 g/mol. The number of nitrogens with zero attached hydrogens (tertiary/aromatic N) is 4. The smallest absolute Gasteiger partial charge is 0.249 e. The van der Waals surface area contributed by atoms with Gasteiger partial charge in [-0.05, 0) is 19.1 Å². The molecule has 0 aliphatic carbocycles. The topological polar surface area (TPSA) is 104 Å². The maximum Gasteiger partial charge on any atom is 0.249 e. The Kier molecular flexibility index (Phi) is 5.52. The van der Waals surface area contributed by atoms with Gasteiger partial charge in [-0.15, -0.1) is 0 Å². The number of piperazine rings is 1. The molecule has 1 atom stereocenters. The van der Waals surface area contributed by atoms with E-state index in [0.717, 1.165) is 49.9 Å². The lowest BCUT2D eigenvalue weighted by atomic mass is 10.2. The fourth-order valence-corrected chi connectivity index (χ4v) is 4.36. The minimum absolute atomic E-state index is 0.0752. The van der Waals surface area contributed by atoms with Crippen LogP contribution < -0.4 is 15.4 Å². The number of pyridine rings is 1. The van der Waals surface area contributed by atoms with Crippen LogP contribution in [0.5, 0.6) is 0 Å². The van der Waals surface area contributed by atoms with Crippen molar-refractivity contribution < 1.29 is 8.42 Å². The first-order valence-electron chi connectivity index (χ1n) is 8.05. The first-order valence-corrected chi connectivity index (χ1v) is 10.4. The fraction of sp³-hybridized carbons (Fsp3) is 0.467. The standard InChI is InChI=1S/C15H22N6O2S2/c1-12(19-15-18-10-14(24-15)25(16,22)23)11-20-6-8-21(9-7-20)13-4-2-3-5-17-13/h2-5,10,12H,6-9,11H2,1H3,(H,18,19)(H2,16,22,23). The van der Waals surface area contributed by atoms with Crippen molar-refractivity contribution >= 4 is 32.3 Å². The molecule has 1 fully saturated rings. The molecule has 10 heteroatoms. The first kappa shape index (κ1) is 18.1. The molecule has 2 aromatic heterocycles. The molecule has 0 saturated carbocycles. The molecule has 8 nitrogen and oxygen atoms in total. The lowest BCUT2D eigenvalue weighted by molar-refractivity contribution is 0.250. The number of rotatable bonds is 6. The zero-order valence-corrected chi connectivity index (χ0v) is 15.6. The van der Waals surface area contributed by atoms with Gasteiger partial charge in [-0.3, -0.25) is 4.90 Å². The Morgan fingerprint density at radius 2 is 2.04 bits per heavy atom. The molecule has 0 bridgehead atoms.